The molecule has 0 spiro atoms. The minimum atomic E-state index is -1.33. The third-order valence-electron chi connectivity index (χ3n) is 7.37. The van der Waals surface area contributed by atoms with Gasteiger partial charge in [0.2, 0.25) is 0 Å². The van der Waals surface area contributed by atoms with Crippen LogP contribution in [0.1, 0.15) is 31.2 Å². The predicted octanol–water partition coefficient (Wildman–Crippen LogP) is 8.47. The molecule has 2 heterocycles. The number of halogens is 1. The molecule has 4 aromatic carbocycles. The smallest absolute Gasteiger partial charge is 0.449 e. The van der Waals surface area contributed by atoms with Crippen molar-refractivity contribution in [1.29, 1.82) is 0 Å². The number of carbonyl (C=O) groups is 1. The number of para-hydroxylation sites is 1. The Morgan fingerprint density at radius 2 is 1.68 bits per heavy atom. The average molecular weight is 610 g/mol. The predicted molar refractivity (Wildman–Crippen MR) is 165 cm³/mol. The van der Waals surface area contributed by atoms with Gasteiger partial charge >= 0.3 is 6.16 Å². The third-order valence-corrected chi connectivity index (χ3v) is 7.87. The summed E-state index contributed by atoms with van der Waals surface area (Å²) in [7, 11) is 2.05. The van der Waals surface area contributed by atoms with E-state index < -0.39 is 6.16 Å². The summed E-state index contributed by atoms with van der Waals surface area (Å²) in [6, 6.07) is 27.9. The Morgan fingerprint density at radius 1 is 0.902 bits per heavy atom. The lowest BCUT2D eigenvalue weighted by Gasteiger charge is -2.12. The van der Waals surface area contributed by atoms with E-state index in [1.54, 1.807) is 12.1 Å². The van der Waals surface area contributed by atoms with E-state index in [1.165, 1.54) is 0 Å². The molecule has 0 saturated carbocycles. The Balaban J connectivity index is 1.38. The van der Waals surface area contributed by atoms with Crippen molar-refractivity contribution in [2.75, 3.05) is 0 Å². The van der Waals surface area contributed by atoms with Crippen molar-refractivity contribution in [1.82, 2.24) is 19.1 Å². The summed E-state index contributed by atoms with van der Waals surface area (Å²) < 4.78 is 10.4. The van der Waals surface area contributed by atoms with Gasteiger partial charge in [0, 0.05) is 35.6 Å². The fraction of sp³-hybridized carbons (Fsp3) is 0.182. The largest absolute Gasteiger partial charge is 0.511 e. The maximum atomic E-state index is 11.2. The summed E-state index contributed by atoms with van der Waals surface area (Å²) in [6.07, 6.45) is 1.73. The average Bonchev–Trinajstić information content (AvgIpc) is 3.48. The van der Waals surface area contributed by atoms with E-state index in [0.717, 1.165) is 79.7 Å². The molecule has 0 aliphatic carbocycles. The molecule has 6 aromatic rings. The van der Waals surface area contributed by atoms with Gasteiger partial charge in [0.25, 0.3) is 0 Å². The molecule has 0 atom stereocenters. The zero-order valence-corrected chi connectivity index (χ0v) is 24.4. The van der Waals surface area contributed by atoms with E-state index in [1.807, 2.05) is 43.4 Å². The van der Waals surface area contributed by atoms with Crippen LogP contribution >= 0.6 is 15.9 Å². The van der Waals surface area contributed by atoms with Crippen molar-refractivity contribution in [2.45, 2.75) is 32.7 Å². The van der Waals surface area contributed by atoms with Gasteiger partial charge in [-0.2, -0.15) is 0 Å². The van der Waals surface area contributed by atoms with Crippen molar-refractivity contribution in [3.63, 3.8) is 0 Å². The molecule has 7 nitrogen and oxygen atoms in total. The molecule has 8 heteroatoms. The normalized spacial score (nSPS) is 11.4. The van der Waals surface area contributed by atoms with Crippen LogP contribution in [0.2, 0.25) is 0 Å². The number of benzene rings is 4. The first-order chi connectivity index (χ1) is 19.9. The number of imidazole rings is 2. The SMILES string of the molecule is CCCCc1nc2ccc(-c3nc4cc(Br)ccc4n3C)cc2n1Cc1ccc(-c2ccccc2OC(=O)O)cc1. The van der Waals surface area contributed by atoms with Crippen molar-refractivity contribution >= 4 is 44.2 Å². The number of unbranched alkanes of at least 4 members (excludes halogenated alkanes) is 1. The highest BCUT2D eigenvalue weighted by molar-refractivity contribution is 9.10. The van der Waals surface area contributed by atoms with E-state index in [9.17, 15) is 4.79 Å². The summed E-state index contributed by atoms with van der Waals surface area (Å²) in [4.78, 5) is 21.1. The zero-order chi connectivity index (χ0) is 28.5. The number of hydrogen-bond acceptors (Lipinski definition) is 4. The Morgan fingerprint density at radius 3 is 2.46 bits per heavy atom. The third kappa shape index (κ3) is 5.35. The van der Waals surface area contributed by atoms with E-state index in [0.29, 0.717) is 12.3 Å². The molecule has 0 saturated heterocycles. The molecule has 0 bridgehead atoms. The Hall–Kier alpha value is -4.43. The van der Waals surface area contributed by atoms with Gasteiger partial charge in [-0.1, -0.05) is 71.7 Å². The van der Waals surface area contributed by atoms with E-state index >= 15 is 0 Å². The standard InChI is InChI=1S/C33H29BrN4O3/c1-3-4-9-31-35-26-16-14-23(32-36-27-19-24(34)15-17-28(27)37(32)2)18-29(26)38(31)20-21-10-12-22(13-11-21)25-7-5-6-8-30(25)41-33(39)40/h5-8,10-19H,3-4,9,20H2,1-2H3,(H,39,40). The van der Waals surface area contributed by atoms with Gasteiger partial charge in [-0.3, -0.25) is 0 Å². The lowest BCUT2D eigenvalue weighted by atomic mass is 10.0. The number of aryl methyl sites for hydroxylation is 2. The van der Waals surface area contributed by atoms with Crippen molar-refractivity contribution in [2.24, 2.45) is 7.05 Å². The molecule has 0 aliphatic heterocycles. The molecular weight excluding hydrogens is 580 g/mol. The van der Waals surface area contributed by atoms with Gasteiger partial charge in [0.15, 0.2) is 0 Å². The van der Waals surface area contributed by atoms with Crippen LogP contribution < -0.4 is 4.74 Å². The lowest BCUT2D eigenvalue weighted by molar-refractivity contribution is 0.144. The van der Waals surface area contributed by atoms with Crippen LogP contribution in [-0.4, -0.2) is 30.4 Å². The van der Waals surface area contributed by atoms with Gasteiger partial charge in [-0.25, -0.2) is 14.8 Å². The second-order valence-electron chi connectivity index (χ2n) is 10.1. The fourth-order valence-electron chi connectivity index (χ4n) is 5.31. The van der Waals surface area contributed by atoms with Crippen LogP contribution in [0.5, 0.6) is 5.75 Å². The van der Waals surface area contributed by atoms with E-state index in [2.05, 4.69) is 68.4 Å². The number of hydrogen-bond donors (Lipinski definition) is 1. The van der Waals surface area contributed by atoms with Crippen LogP contribution in [0.3, 0.4) is 0 Å². The molecule has 6 rings (SSSR count). The number of fused-ring (bicyclic) bond motifs is 2. The Bertz CT molecular complexity index is 1890. The molecule has 0 fully saturated rings. The number of aromatic nitrogens is 4. The van der Waals surface area contributed by atoms with Crippen LogP contribution in [-0.2, 0) is 20.0 Å². The Kier molecular flexibility index (Phi) is 7.32. The maximum Gasteiger partial charge on any atom is 0.511 e. The summed E-state index contributed by atoms with van der Waals surface area (Å²) in [5, 5.41) is 9.12. The van der Waals surface area contributed by atoms with Crippen molar-refractivity contribution in [3.8, 4) is 28.3 Å². The number of carboxylic acid groups (broad SMARTS) is 1. The number of ether oxygens (including phenoxy) is 1. The first-order valence-corrected chi connectivity index (χ1v) is 14.4. The Labute approximate surface area is 246 Å². The number of nitrogens with zero attached hydrogens (tertiary/aromatic N) is 4. The van der Waals surface area contributed by atoms with E-state index in [-0.39, 0.29) is 0 Å². The minimum absolute atomic E-state index is 0.317. The van der Waals surface area contributed by atoms with Crippen LogP contribution in [0, 0.1) is 0 Å². The summed E-state index contributed by atoms with van der Waals surface area (Å²) in [5.41, 5.74) is 7.87. The first-order valence-electron chi connectivity index (χ1n) is 13.6. The summed E-state index contributed by atoms with van der Waals surface area (Å²) in [6.45, 7) is 2.86. The zero-order valence-electron chi connectivity index (χ0n) is 22.8. The van der Waals surface area contributed by atoms with Gasteiger partial charge in [0.05, 0.1) is 22.1 Å². The highest BCUT2D eigenvalue weighted by Gasteiger charge is 2.16. The van der Waals surface area contributed by atoms with Gasteiger partial charge in [-0.15, -0.1) is 0 Å². The van der Waals surface area contributed by atoms with Crippen LogP contribution in [0.4, 0.5) is 4.79 Å². The van der Waals surface area contributed by atoms with Gasteiger partial charge < -0.3 is 19.0 Å². The molecular formula is C33H29BrN4O3. The molecule has 0 amide bonds. The molecule has 41 heavy (non-hydrogen) atoms. The van der Waals surface area contributed by atoms with Crippen molar-refractivity contribution < 1.29 is 14.6 Å². The van der Waals surface area contributed by atoms with Gasteiger partial charge in [-0.05, 0) is 60.0 Å². The fourth-order valence-corrected chi connectivity index (χ4v) is 5.65. The summed E-state index contributed by atoms with van der Waals surface area (Å²) >= 11 is 3.56. The highest BCUT2D eigenvalue weighted by Crippen LogP contribution is 2.32. The number of rotatable bonds is 8. The second-order valence-corrected chi connectivity index (χ2v) is 11.0. The molecule has 0 radical (unpaired) electrons. The molecule has 1 N–H and O–H groups in total. The van der Waals surface area contributed by atoms with E-state index in [4.69, 9.17) is 19.8 Å². The second kappa shape index (κ2) is 11.2. The molecule has 206 valence electrons. The monoisotopic (exact) mass is 608 g/mol. The molecule has 2 aromatic heterocycles. The first kappa shape index (κ1) is 26.8. The lowest BCUT2D eigenvalue weighted by Crippen LogP contribution is -2.06. The van der Waals surface area contributed by atoms with Crippen LogP contribution in [0.15, 0.2) is 89.4 Å². The quantitative estimate of drug-likeness (QED) is 0.138. The van der Waals surface area contributed by atoms with Gasteiger partial charge in [0.1, 0.15) is 17.4 Å². The van der Waals surface area contributed by atoms with Crippen molar-refractivity contribution in [3.05, 3.63) is 101 Å². The molecule has 0 unspecified atom stereocenters. The minimum Gasteiger partial charge on any atom is -0.449 e. The topological polar surface area (TPSA) is 82.2 Å². The van der Waals surface area contributed by atoms with Crippen LogP contribution in [0.25, 0.3) is 44.6 Å². The molecule has 0 aliphatic rings. The highest BCUT2D eigenvalue weighted by atomic mass is 79.9. The summed E-state index contributed by atoms with van der Waals surface area (Å²) in [5.74, 6) is 2.30. The maximum absolute atomic E-state index is 11.2.